The molecule has 0 bridgehead atoms. The van der Waals surface area contributed by atoms with Crippen LogP contribution >= 0.6 is 0 Å². The van der Waals surface area contributed by atoms with Gasteiger partial charge in [-0.2, -0.15) is 0 Å². The lowest BCUT2D eigenvalue weighted by atomic mass is 9.99. The Hall–Kier alpha value is -4.32. The predicted octanol–water partition coefficient (Wildman–Crippen LogP) is 5.22. The first-order valence-electron chi connectivity index (χ1n) is 14.4. The van der Waals surface area contributed by atoms with E-state index < -0.39 is 41.5 Å². The number of carbonyl (C=O) groups is 4. The van der Waals surface area contributed by atoms with Crippen LogP contribution in [-0.2, 0) is 19.1 Å². The Morgan fingerprint density at radius 2 is 1.69 bits per heavy atom. The number of hydrogen-bond acceptors (Lipinski definition) is 5. The lowest BCUT2D eigenvalue weighted by Gasteiger charge is -2.34. The summed E-state index contributed by atoms with van der Waals surface area (Å²) in [5.74, 6) is 1.00. The third-order valence-electron chi connectivity index (χ3n) is 6.56. The molecule has 0 spiro atoms. The number of amides is 4. The Kier molecular flexibility index (Phi) is 13.1. The second kappa shape index (κ2) is 16.2. The second-order valence-electron chi connectivity index (χ2n) is 11.3. The third kappa shape index (κ3) is 10.9. The number of alkyl carbamates (subject to hydrolysis) is 1. The van der Waals surface area contributed by atoms with Crippen molar-refractivity contribution < 1.29 is 23.9 Å². The van der Waals surface area contributed by atoms with E-state index in [0.29, 0.717) is 23.2 Å². The molecule has 2 aromatic carbocycles. The maximum atomic E-state index is 14.3. The van der Waals surface area contributed by atoms with Crippen molar-refractivity contribution in [2.45, 2.75) is 90.8 Å². The maximum absolute atomic E-state index is 14.3. The van der Waals surface area contributed by atoms with E-state index in [1.807, 2.05) is 25.1 Å². The summed E-state index contributed by atoms with van der Waals surface area (Å²) < 4.78 is 5.39. The molecule has 0 aliphatic heterocycles. The van der Waals surface area contributed by atoms with Gasteiger partial charge >= 0.3 is 6.09 Å². The van der Waals surface area contributed by atoms with Crippen LogP contribution in [0.5, 0.6) is 0 Å². The Balaban J connectivity index is 2.58. The van der Waals surface area contributed by atoms with E-state index in [-0.39, 0.29) is 19.4 Å². The molecule has 42 heavy (non-hydrogen) atoms. The van der Waals surface area contributed by atoms with Crippen molar-refractivity contribution in [3.63, 3.8) is 0 Å². The first-order valence-corrected chi connectivity index (χ1v) is 14.4. The molecule has 0 aliphatic rings. The molecule has 0 saturated carbocycles. The number of anilines is 1. The highest BCUT2D eigenvalue weighted by molar-refractivity contribution is 5.99. The van der Waals surface area contributed by atoms with Crippen molar-refractivity contribution >= 4 is 29.5 Å². The van der Waals surface area contributed by atoms with Crippen molar-refractivity contribution in [1.29, 1.82) is 0 Å². The summed E-state index contributed by atoms with van der Waals surface area (Å²) in [6, 6.07) is 12.0. The SMILES string of the molecule is C#Cc1ccc(C(C(=O)Nc2ccccc2C)N(CCCCCC)C(=O)C(CCC(N)=O)NC(=O)OC(C)(C)C)cc1. The van der Waals surface area contributed by atoms with Crippen LogP contribution in [0.2, 0.25) is 0 Å². The van der Waals surface area contributed by atoms with Gasteiger partial charge in [-0.3, -0.25) is 14.4 Å². The van der Waals surface area contributed by atoms with Crippen LogP contribution < -0.4 is 16.4 Å². The van der Waals surface area contributed by atoms with Gasteiger partial charge < -0.3 is 26.0 Å². The summed E-state index contributed by atoms with van der Waals surface area (Å²) in [7, 11) is 0. The quantitative estimate of drug-likeness (QED) is 0.210. The Morgan fingerprint density at radius 1 is 1.02 bits per heavy atom. The third-order valence-corrected chi connectivity index (χ3v) is 6.56. The Bertz CT molecular complexity index is 1260. The summed E-state index contributed by atoms with van der Waals surface area (Å²) in [6.45, 7) is 9.32. The van der Waals surface area contributed by atoms with Crippen LogP contribution in [0.4, 0.5) is 10.5 Å². The molecular formula is C33H44N4O5. The zero-order valence-corrected chi connectivity index (χ0v) is 25.4. The lowest BCUT2D eigenvalue weighted by molar-refractivity contribution is -0.141. The number of primary amides is 1. The van der Waals surface area contributed by atoms with Crippen LogP contribution in [0.1, 0.15) is 89.0 Å². The first kappa shape index (κ1) is 33.9. The molecule has 0 aromatic heterocycles. The van der Waals surface area contributed by atoms with E-state index >= 15 is 0 Å². The topological polar surface area (TPSA) is 131 Å². The summed E-state index contributed by atoms with van der Waals surface area (Å²) in [5, 5.41) is 5.59. The van der Waals surface area contributed by atoms with E-state index in [1.165, 1.54) is 4.90 Å². The Morgan fingerprint density at radius 3 is 2.26 bits per heavy atom. The smallest absolute Gasteiger partial charge is 0.408 e. The number of hydrogen-bond donors (Lipinski definition) is 3. The van der Waals surface area contributed by atoms with Gasteiger partial charge in [0, 0.05) is 24.2 Å². The van der Waals surface area contributed by atoms with E-state index in [4.69, 9.17) is 16.9 Å². The van der Waals surface area contributed by atoms with Gasteiger partial charge in [-0.25, -0.2) is 4.79 Å². The molecule has 4 amide bonds. The normalized spacial score (nSPS) is 12.4. The van der Waals surface area contributed by atoms with Crippen molar-refractivity contribution in [2.75, 3.05) is 11.9 Å². The Labute approximate surface area is 249 Å². The number of rotatable bonds is 14. The van der Waals surface area contributed by atoms with Crippen LogP contribution in [-0.4, -0.2) is 46.9 Å². The number of ether oxygens (including phenoxy) is 1. The largest absolute Gasteiger partial charge is 0.444 e. The summed E-state index contributed by atoms with van der Waals surface area (Å²) in [4.78, 5) is 54.2. The van der Waals surface area contributed by atoms with Gasteiger partial charge in [0.1, 0.15) is 17.7 Å². The fourth-order valence-corrected chi connectivity index (χ4v) is 4.42. The number of nitrogens with two attached hydrogens (primary N) is 1. The number of unbranched alkanes of at least 4 members (excludes halogenated alkanes) is 3. The zero-order chi connectivity index (χ0) is 31.3. The highest BCUT2D eigenvalue weighted by Crippen LogP contribution is 2.27. The van der Waals surface area contributed by atoms with Crippen molar-refractivity contribution in [1.82, 2.24) is 10.2 Å². The van der Waals surface area contributed by atoms with Gasteiger partial charge in [-0.1, -0.05) is 62.4 Å². The fraction of sp³-hybridized carbons (Fsp3) is 0.455. The minimum absolute atomic E-state index is 0.0545. The van der Waals surface area contributed by atoms with Crippen LogP contribution in [0.15, 0.2) is 48.5 Å². The van der Waals surface area contributed by atoms with E-state index in [2.05, 4.69) is 23.5 Å². The van der Waals surface area contributed by atoms with Gasteiger partial charge in [0.25, 0.3) is 5.91 Å². The van der Waals surface area contributed by atoms with Crippen molar-refractivity contribution in [2.24, 2.45) is 5.73 Å². The predicted molar refractivity (Wildman–Crippen MR) is 164 cm³/mol. The molecule has 4 N–H and O–H groups in total. The molecule has 2 unspecified atom stereocenters. The number of terminal acetylenes is 1. The molecule has 226 valence electrons. The van der Waals surface area contributed by atoms with Crippen LogP contribution in [0.3, 0.4) is 0 Å². The molecule has 0 saturated heterocycles. The second-order valence-corrected chi connectivity index (χ2v) is 11.3. The highest BCUT2D eigenvalue weighted by Gasteiger charge is 2.36. The number of para-hydroxylation sites is 1. The molecule has 2 aromatic rings. The average Bonchev–Trinajstić information content (AvgIpc) is 2.92. The molecule has 0 heterocycles. The number of nitrogens with one attached hydrogen (secondary N) is 2. The molecule has 2 atom stereocenters. The van der Waals surface area contributed by atoms with Crippen LogP contribution in [0.25, 0.3) is 0 Å². The molecule has 0 fully saturated rings. The van der Waals surface area contributed by atoms with Crippen molar-refractivity contribution in [3.05, 3.63) is 65.2 Å². The van der Waals surface area contributed by atoms with E-state index in [0.717, 1.165) is 24.8 Å². The highest BCUT2D eigenvalue weighted by atomic mass is 16.6. The summed E-state index contributed by atoms with van der Waals surface area (Å²) >= 11 is 0. The average molecular weight is 577 g/mol. The first-order chi connectivity index (χ1) is 19.9. The monoisotopic (exact) mass is 576 g/mol. The minimum atomic E-state index is -1.16. The zero-order valence-electron chi connectivity index (χ0n) is 25.4. The number of benzene rings is 2. The fourth-order valence-electron chi connectivity index (χ4n) is 4.42. The number of carbonyl (C=O) groups excluding carboxylic acids is 4. The molecular weight excluding hydrogens is 532 g/mol. The lowest BCUT2D eigenvalue weighted by Crippen LogP contribution is -2.52. The molecule has 9 nitrogen and oxygen atoms in total. The minimum Gasteiger partial charge on any atom is -0.444 e. The number of nitrogens with zero attached hydrogens (tertiary/aromatic N) is 1. The summed E-state index contributed by atoms with van der Waals surface area (Å²) in [5.41, 5.74) is 7.25. The maximum Gasteiger partial charge on any atom is 0.408 e. The van der Waals surface area contributed by atoms with Gasteiger partial charge in [0.2, 0.25) is 11.8 Å². The van der Waals surface area contributed by atoms with Gasteiger partial charge in [-0.05, 0) is 69.9 Å². The van der Waals surface area contributed by atoms with Crippen molar-refractivity contribution in [3.8, 4) is 12.3 Å². The van der Waals surface area contributed by atoms with Crippen LogP contribution in [0, 0.1) is 19.3 Å². The van der Waals surface area contributed by atoms with Gasteiger partial charge in [0.15, 0.2) is 0 Å². The molecule has 2 rings (SSSR count). The molecule has 0 radical (unpaired) electrons. The summed E-state index contributed by atoms with van der Waals surface area (Å²) in [6.07, 6.45) is 7.97. The number of aryl methyl sites for hydroxylation is 1. The van der Waals surface area contributed by atoms with E-state index in [1.54, 1.807) is 51.1 Å². The van der Waals surface area contributed by atoms with Gasteiger partial charge in [0.05, 0.1) is 0 Å². The van der Waals surface area contributed by atoms with E-state index in [9.17, 15) is 19.2 Å². The molecule has 9 heteroatoms. The molecule has 0 aliphatic carbocycles. The van der Waals surface area contributed by atoms with Gasteiger partial charge in [-0.15, -0.1) is 6.42 Å². The standard InChI is InChI=1S/C33H44N4O5/c1-7-9-10-13-22-37(31(40)27(20-21-28(34)38)36-32(41)42-33(4,5)6)29(25-18-16-24(8-2)17-19-25)30(39)35-26-15-12-11-14-23(26)3/h2,11-12,14-19,27,29H,7,9-10,13,20-22H2,1,3-6H3,(H2,34,38)(H,35,39)(H,36,41).